The molecule has 1 aromatic rings. The summed E-state index contributed by atoms with van der Waals surface area (Å²) in [5, 5.41) is 8.67. The van der Waals surface area contributed by atoms with E-state index in [0.717, 1.165) is 15.1 Å². The van der Waals surface area contributed by atoms with E-state index in [-0.39, 0.29) is 0 Å². The van der Waals surface area contributed by atoms with Crippen molar-refractivity contribution >= 4 is 27.7 Å². The van der Waals surface area contributed by atoms with E-state index < -0.39 is 0 Å². The molecule has 0 aliphatic carbocycles. The van der Waals surface area contributed by atoms with Gasteiger partial charge in [-0.1, -0.05) is 22.9 Å². The average molecular weight is 242 g/mol. The molecule has 0 atom stereocenters. The summed E-state index contributed by atoms with van der Waals surface area (Å²) in [5.74, 6) is 1.03. The Kier molecular flexibility index (Phi) is 3.64. The summed E-state index contributed by atoms with van der Waals surface area (Å²) in [6.07, 6.45) is 0. The van der Waals surface area contributed by atoms with E-state index in [2.05, 4.69) is 28.9 Å². The van der Waals surface area contributed by atoms with Crippen molar-refractivity contribution in [3.63, 3.8) is 0 Å². The monoisotopic (exact) mass is 241 g/mol. The Morgan fingerprint density at radius 2 is 2.25 bits per heavy atom. The molecule has 0 unspecified atom stereocenters. The predicted octanol–water partition coefficient (Wildman–Crippen LogP) is 3.43. The van der Waals surface area contributed by atoms with Gasteiger partial charge in [-0.3, -0.25) is 0 Å². The number of halogens is 1. The first kappa shape index (κ1) is 9.63. The van der Waals surface area contributed by atoms with Crippen LogP contribution >= 0.6 is 27.7 Å². The zero-order chi connectivity index (χ0) is 8.97. The Labute approximate surface area is 84.9 Å². The van der Waals surface area contributed by atoms with Crippen molar-refractivity contribution in [2.75, 3.05) is 5.75 Å². The van der Waals surface area contributed by atoms with E-state index in [4.69, 9.17) is 5.26 Å². The van der Waals surface area contributed by atoms with Gasteiger partial charge in [-0.15, -0.1) is 11.8 Å². The molecule has 62 valence electrons. The van der Waals surface area contributed by atoms with Gasteiger partial charge >= 0.3 is 0 Å². The largest absolute Gasteiger partial charge is 0.192 e. The first-order valence-electron chi connectivity index (χ1n) is 3.59. The van der Waals surface area contributed by atoms with Crippen LogP contribution < -0.4 is 0 Å². The highest BCUT2D eigenvalue weighted by molar-refractivity contribution is 9.10. The van der Waals surface area contributed by atoms with Crippen molar-refractivity contribution < 1.29 is 0 Å². The molecule has 0 N–H and O–H groups in total. The summed E-state index contributed by atoms with van der Waals surface area (Å²) < 4.78 is 0.970. The molecule has 0 spiro atoms. The van der Waals surface area contributed by atoms with Crippen molar-refractivity contribution in [1.82, 2.24) is 0 Å². The normalized spacial score (nSPS) is 9.42. The highest BCUT2D eigenvalue weighted by atomic mass is 79.9. The maximum absolute atomic E-state index is 8.67. The van der Waals surface area contributed by atoms with Crippen LogP contribution in [0.25, 0.3) is 0 Å². The van der Waals surface area contributed by atoms with Crippen LogP contribution in [0, 0.1) is 11.3 Å². The zero-order valence-corrected chi connectivity index (χ0v) is 9.08. The van der Waals surface area contributed by atoms with E-state index in [1.54, 1.807) is 11.8 Å². The predicted molar refractivity (Wildman–Crippen MR) is 55.3 cm³/mol. The fourth-order valence-electron chi connectivity index (χ4n) is 0.877. The maximum Gasteiger partial charge on any atom is 0.0992 e. The minimum atomic E-state index is 0.709. The standard InChI is InChI=1S/C9H8BrNS/c1-2-12-9-4-7(6-11)3-8(10)5-9/h3-5H,2H2,1H3. The summed E-state index contributed by atoms with van der Waals surface area (Å²) >= 11 is 5.10. The van der Waals surface area contributed by atoms with Crippen molar-refractivity contribution in [1.29, 1.82) is 5.26 Å². The second kappa shape index (κ2) is 4.54. The molecule has 0 aromatic heterocycles. The molecule has 1 aromatic carbocycles. The molecular formula is C9H8BrNS. The third-order valence-corrected chi connectivity index (χ3v) is 2.63. The number of nitrogens with zero attached hydrogens (tertiary/aromatic N) is 1. The summed E-state index contributed by atoms with van der Waals surface area (Å²) in [5.41, 5.74) is 0.709. The van der Waals surface area contributed by atoms with Gasteiger partial charge in [0.05, 0.1) is 11.6 Å². The molecule has 12 heavy (non-hydrogen) atoms. The Balaban J connectivity index is 3.00. The van der Waals surface area contributed by atoms with Gasteiger partial charge < -0.3 is 0 Å². The van der Waals surface area contributed by atoms with E-state index in [0.29, 0.717) is 5.56 Å². The van der Waals surface area contributed by atoms with Crippen molar-refractivity contribution in [3.8, 4) is 6.07 Å². The van der Waals surface area contributed by atoms with Crippen LogP contribution in [0.15, 0.2) is 27.6 Å². The first-order valence-corrected chi connectivity index (χ1v) is 5.37. The molecule has 0 radical (unpaired) electrons. The Morgan fingerprint density at radius 3 is 2.83 bits per heavy atom. The SMILES string of the molecule is CCSc1cc(Br)cc(C#N)c1. The minimum Gasteiger partial charge on any atom is -0.192 e. The fraction of sp³-hybridized carbons (Fsp3) is 0.222. The average Bonchev–Trinajstić information content (AvgIpc) is 2.04. The molecule has 0 aliphatic rings. The molecule has 3 heteroatoms. The van der Waals surface area contributed by atoms with E-state index in [1.807, 2.05) is 18.2 Å². The number of rotatable bonds is 2. The fourth-order valence-corrected chi connectivity index (χ4v) is 2.28. The van der Waals surface area contributed by atoms with Crippen LogP contribution in [0.2, 0.25) is 0 Å². The van der Waals surface area contributed by atoms with Crippen LogP contribution in [-0.4, -0.2) is 5.75 Å². The number of hydrogen-bond donors (Lipinski definition) is 0. The van der Waals surface area contributed by atoms with Gasteiger partial charge in [-0.25, -0.2) is 0 Å². The third kappa shape index (κ3) is 2.54. The first-order chi connectivity index (χ1) is 5.76. The summed E-state index contributed by atoms with van der Waals surface area (Å²) in [6.45, 7) is 2.09. The molecule has 0 aliphatic heterocycles. The molecule has 0 heterocycles. The second-order valence-electron chi connectivity index (χ2n) is 2.22. The van der Waals surface area contributed by atoms with Gasteiger partial charge in [0.25, 0.3) is 0 Å². The molecule has 0 amide bonds. The van der Waals surface area contributed by atoms with E-state index in [1.165, 1.54) is 0 Å². The second-order valence-corrected chi connectivity index (χ2v) is 4.47. The number of thioether (sulfide) groups is 1. The van der Waals surface area contributed by atoms with Crippen LogP contribution in [0.5, 0.6) is 0 Å². The highest BCUT2D eigenvalue weighted by Gasteiger charge is 1.97. The molecule has 1 rings (SSSR count). The topological polar surface area (TPSA) is 23.8 Å². The van der Waals surface area contributed by atoms with Gasteiger partial charge in [0, 0.05) is 9.37 Å². The van der Waals surface area contributed by atoms with Gasteiger partial charge in [0.1, 0.15) is 0 Å². The quantitative estimate of drug-likeness (QED) is 0.742. The number of benzene rings is 1. The summed E-state index contributed by atoms with van der Waals surface area (Å²) in [4.78, 5) is 1.14. The molecule has 1 nitrogen and oxygen atoms in total. The molecule has 0 bridgehead atoms. The lowest BCUT2D eigenvalue weighted by Crippen LogP contribution is -1.78. The van der Waals surface area contributed by atoms with E-state index >= 15 is 0 Å². The van der Waals surface area contributed by atoms with Gasteiger partial charge in [-0.05, 0) is 24.0 Å². The van der Waals surface area contributed by atoms with Gasteiger partial charge in [0.15, 0.2) is 0 Å². The van der Waals surface area contributed by atoms with Gasteiger partial charge in [-0.2, -0.15) is 5.26 Å². The molecular weight excluding hydrogens is 234 g/mol. The van der Waals surface area contributed by atoms with Crippen molar-refractivity contribution in [2.24, 2.45) is 0 Å². The molecule has 0 saturated carbocycles. The highest BCUT2D eigenvalue weighted by Crippen LogP contribution is 2.23. The number of hydrogen-bond acceptors (Lipinski definition) is 2. The zero-order valence-electron chi connectivity index (χ0n) is 6.67. The van der Waals surface area contributed by atoms with Gasteiger partial charge in [0.2, 0.25) is 0 Å². The smallest absolute Gasteiger partial charge is 0.0992 e. The minimum absolute atomic E-state index is 0.709. The van der Waals surface area contributed by atoms with Crippen LogP contribution in [-0.2, 0) is 0 Å². The van der Waals surface area contributed by atoms with Crippen LogP contribution in [0.3, 0.4) is 0 Å². The Bertz CT molecular complexity index is 317. The van der Waals surface area contributed by atoms with E-state index in [9.17, 15) is 0 Å². The van der Waals surface area contributed by atoms with Crippen LogP contribution in [0.4, 0.5) is 0 Å². The molecule has 0 saturated heterocycles. The Morgan fingerprint density at radius 1 is 1.50 bits per heavy atom. The number of nitriles is 1. The van der Waals surface area contributed by atoms with Crippen molar-refractivity contribution in [2.45, 2.75) is 11.8 Å². The Hall–Kier alpha value is -0.460. The van der Waals surface area contributed by atoms with Crippen LogP contribution in [0.1, 0.15) is 12.5 Å². The lowest BCUT2D eigenvalue weighted by molar-refractivity contribution is 1.37. The third-order valence-electron chi connectivity index (χ3n) is 1.31. The maximum atomic E-state index is 8.67. The lowest BCUT2D eigenvalue weighted by atomic mass is 10.2. The summed E-state index contributed by atoms with van der Waals surface area (Å²) in [7, 11) is 0. The summed E-state index contributed by atoms with van der Waals surface area (Å²) in [6, 6.07) is 7.87. The lowest BCUT2D eigenvalue weighted by Gasteiger charge is -1.99. The van der Waals surface area contributed by atoms with Crippen molar-refractivity contribution in [3.05, 3.63) is 28.2 Å². The molecule has 0 fully saturated rings.